The summed E-state index contributed by atoms with van der Waals surface area (Å²) in [5.74, 6) is 0.212. The second-order valence-electron chi connectivity index (χ2n) is 7.57. The monoisotopic (exact) mass is 490 g/mol. The highest BCUT2D eigenvalue weighted by molar-refractivity contribution is 8.14. The number of aryl methyl sites for hydroxylation is 1. The molecule has 6 nitrogen and oxygen atoms in total. The van der Waals surface area contributed by atoms with E-state index in [4.69, 9.17) is 14.2 Å². The molecular weight excluding hydrogens is 464 g/mol. The zero-order chi connectivity index (χ0) is 25.0. The highest BCUT2D eigenvalue weighted by Crippen LogP contribution is 2.26. The van der Waals surface area contributed by atoms with Crippen LogP contribution in [0.25, 0.3) is 0 Å². The van der Waals surface area contributed by atoms with Crippen molar-refractivity contribution in [1.29, 1.82) is 0 Å². The Bertz CT molecular complexity index is 1150. The van der Waals surface area contributed by atoms with Crippen LogP contribution < -0.4 is 9.47 Å². The molecule has 180 valence electrons. The van der Waals surface area contributed by atoms with Gasteiger partial charge in [0.1, 0.15) is 11.5 Å². The van der Waals surface area contributed by atoms with Crippen LogP contribution in [-0.4, -0.2) is 30.3 Å². The topological polar surface area (TPSA) is 78.9 Å². The third kappa shape index (κ3) is 8.46. The van der Waals surface area contributed by atoms with E-state index < -0.39 is 11.9 Å². The van der Waals surface area contributed by atoms with E-state index in [0.29, 0.717) is 42.3 Å². The molecule has 0 unspecified atom stereocenters. The molecule has 3 aromatic rings. The van der Waals surface area contributed by atoms with E-state index in [1.165, 1.54) is 0 Å². The number of hydrogen-bond acceptors (Lipinski definition) is 7. The molecular formula is C28H26O6S. The van der Waals surface area contributed by atoms with E-state index in [0.717, 1.165) is 34.7 Å². The number of carbonyl (C=O) groups is 3. The third-order valence-corrected chi connectivity index (χ3v) is 5.77. The molecule has 0 atom stereocenters. The summed E-state index contributed by atoms with van der Waals surface area (Å²) in [6, 6.07) is 20.9. The van der Waals surface area contributed by atoms with E-state index in [1.807, 2.05) is 19.1 Å². The molecule has 0 heterocycles. The van der Waals surface area contributed by atoms with Crippen LogP contribution in [0.2, 0.25) is 0 Å². The molecule has 0 bridgehead atoms. The van der Waals surface area contributed by atoms with Gasteiger partial charge in [0, 0.05) is 16.5 Å². The summed E-state index contributed by atoms with van der Waals surface area (Å²) < 4.78 is 16.0. The van der Waals surface area contributed by atoms with Gasteiger partial charge in [0.2, 0.25) is 5.12 Å². The van der Waals surface area contributed by atoms with Crippen molar-refractivity contribution in [3.8, 4) is 11.5 Å². The van der Waals surface area contributed by atoms with Gasteiger partial charge in [-0.25, -0.2) is 9.59 Å². The van der Waals surface area contributed by atoms with Gasteiger partial charge in [0.15, 0.2) is 0 Å². The van der Waals surface area contributed by atoms with Gasteiger partial charge in [0.05, 0.1) is 18.8 Å². The Morgan fingerprint density at radius 3 is 2.06 bits per heavy atom. The van der Waals surface area contributed by atoms with Crippen LogP contribution in [-0.2, 0) is 9.53 Å². The minimum absolute atomic E-state index is 0.106. The molecule has 0 fully saturated rings. The van der Waals surface area contributed by atoms with Gasteiger partial charge >= 0.3 is 11.9 Å². The highest BCUT2D eigenvalue weighted by atomic mass is 32.2. The molecule has 3 aromatic carbocycles. The van der Waals surface area contributed by atoms with Crippen LogP contribution in [0.3, 0.4) is 0 Å². The van der Waals surface area contributed by atoms with Crippen LogP contribution in [0.1, 0.15) is 39.1 Å². The second kappa shape index (κ2) is 13.2. The van der Waals surface area contributed by atoms with Gasteiger partial charge in [-0.15, -0.1) is 0 Å². The number of carbonyl (C=O) groups excluding carboxylic acids is 3. The number of thioether (sulfide) groups is 1. The zero-order valence-corrected chi connectivity index (χ0v) is 20.2. The number of benzene rings is 3. The first-order chi connectivity index (χ1) is 16.9. The minimum atomic E-state index is -0.431. The largest absolute Gasteiger partial charge is 0.494 e. The number of hydrogen-bond donors (Lipinski definition) is 0. The Hall–Kier alpha value is -3.84. The molecule has 0 saturated carbocycles. The van der Waals surface area contributed by atoms with Gasteiger partial charge in [-0.3, -0.25) is 4.79 Å². The average Bonchev–Trinajstić information content (AvgIpc) is 2.87. The van der Waals surface area contributed by atoms with Gasteiger partial charge in [0.25, 0.3) is 0 Å². The molecule has 0 amide bonds. The Balaban J connectivity index is 1.43. The van der Waals surface area contributed by atoms with Crippen molar-refractivity contribution >= 4 is 28.8 Å². The number of unbranched alkanes of at least 4 members (excludes halogenated alkanes) is 1. The lowest BCUT2D eigenvalue weighted by atomic mass is 10.1. The van der Waals surface area contributed by atoms with Gasteiger partial charge < -0.3 is 14.2 Å². The smallest absolute Gasteiger partial charge is 0.343 e. The zero-order valence-electron chi connectivity index (χ0n) is 19.4. The number of rotatable bonds is 11. The molecule has 0 spiro atoms. The van der Waals surface area contributed by atoms with Gasteiger partial charge in [-0.2, -0.15) is 0 Å². The molecule has 0 aromatic heterocycles. The minimum Gasteiger partial charge on any atom is -0.494 e. The molecule has 0 aliphatic heterocycles. The third-order valence-electron chi connectivity index (χ3n) is 4.84. The van der Waals surface area contributed by atoms with Crippen LogP contribution in [0.4, 0.5) is 0 Å². The Morgan fingerprint density at radius 2 is 1.40 bits per heavy atom. The lowest BCUT2D eigenvalue weighted by Gasteiger charge is -2.08. The lowest BCUT2D eigenvalue weighted by Crippen LogP contribution is -2.08. The van der Waals surface area contributed by atoms with E-state index in [1.54, 1.807) is 60.7 Å². The summed E-state index contributed by atoms with van der Waals surface area (Å²) in [5.41, 5.74) is 2.09. The maximum absolute atomic E-state index is 12.6. The first kappa shape index (κ1) is 25.8. The van der Waals surface area contributed by atoms with Crippen molar-refractivity contribution in [2.45, 2.75) is 24.7 Å². The molecule has 0 aliphatic carbocycles. The quantitative estimate of drug-likeness (QED) is 0.107. The first-order valence-electron chi connectivity index (χ1n) is 11.1. The Kier molecular flexibility index (Phi) is 9.69. The van der Waals surface area contributed by atoms with E-state index >= 15 is 0 Å². The Morgan fingerprint density at radius 1 is 0.800 bits per heavy atom. The van der Waals surface area contributed by atoms with Crippen LogP contribution in [0, 0.1) is 6.92 Å². The Labute approximate surface area is 208 Å². The van der Waals surface area contributed by atoms with E-state index in [9.17, 15) is 14.4 Å². The predicted molar refractivity (Wildman–Crippen MR) is 135 cm³/mol. The molecule has 0 aliphatic rings. The fourth-order valence-corrected chi connectivity index (χ4v) is 3.65. The maximum atomic E-state index is 12.6. The van der Waals surface area contributed by atoms with Gasteiger partial charge in [-0.05, 0) is 92.2 Å². The fourth-order valence-electron chi connectivity index (χ4n) is 2.91. The summed E-state index contributed by atoms with van der Waals surface area (Å²) in [5, 5.41) is -0.106. The standard InChI is InChI=1S/C28H26O6S/c1-3-26(29)33-19-5-4-18-32-23-12-10-22(11-13-23)28(31)35-25-16-14-24(15-17-25)34-27(30)21-8-6-20(2)7-9-21/h3,6-17H,1,4-5,18-19H2,2H3. The number of ether oxygens (including phenoxy) is 3. The summed E-state index contributed by atoms with van der Waals surface area (Å²) in [4.78, 5) is 36.5. The molecule has 0 saturated heterocycles. The summed E-state index contributed by atoms with van der Waals surface area (Å²) in [7, 11) is 0. The average molecular weight is 491 g/mol. The predicted octanol–water partition coefficient (Wildman–Crippen LogP) is 6.03. The first-order valence-corrected chi connectivity index (χ1v) is 11.9. The van der Waals surface area contributed by atoms with Crippen LogP contribution >= 0.6 is 11.8 Å². The normalized spacial score (nSPS) is 10.3. The summed E-state index contributed by atoms with van der Waals surface area (Å²) in [6.45, 7) is 6.10. The summed E-state index contributed by atoms with van der Waals surface area (Å²) >= 11 is 1.09. The SMILES string of the molecule is C=CC(=O)OCCCCOc1ccc(C(=O)Sc2ccc(OC(=O)c3ccc(C)cc3)cc2)cc1. The van der Waals surface area contributed by atoms with Crippen LogP contribution in [0.5, 0.6) is 11.5 Å². The molecule has 7 heteroatoms. The molecule has 0 N–H and O–H groups in total. The maximum Gasteiger partial charge on any atom is 0.343 e. The van der Waals surface area contributed by atoms with E-state index in [-0.39, 0.29) is 5.12 Å². The second-order valence-corrected chi connectivity index (χ2v) is 8.61. The van der Waals surface area contributed by atoms with Crippen molar-refractivity contribution in [1.82, 2.24) is 0 Å². The van der Waals surface area contributed by atoms with Crippen molar-refractivity contribution in [3.63, 3.8) is 0 Å². The van der Waals surface area contributed by atoms with E-state index in [2.05, 4.69) is 6.58 Å². The fraction of sp³-hybridized carbons (Fsp3) is 0.179. The van der Waals surface area contributed by atoms with Crippen LogP contribution in [0.15, 0.2) is 90.3 Å². The molecule has 0 radical (unpaired) electrons. The summed E-state index contributed by atoms with van der Waals surface area (Å²) in [6.07, 6.45) is 2.56. The van der Waals surface area contributed by atoms with Gasteiger partial charge in [-0.1, -0.05) is 24.3 Å². The molecule has 3 rings (SSSR count). The van der Waals surface area contributed by atoms with Crippen molar-refractivity contribution in [2.75, 3.05) is 13.2 Å². The highest BCUT2D eigenvalue weighted by Gasteiger charge is 2.11. The van der Waals surface area contributed by atoms with Crippen molar-refractivity contribution in [3.05, 3.63) is 102 Å². The van der Waals surface area contributed by atoms with Crippen molar-refractivity contribution < 1.29 is 28.6 Å². The number of esters is 2. The van der Waals surface area contributed by atoms with Crippen molar-refractivity contribution in [2.24, 2.45) is 0 Å². The lowest BCUT2D eigenvalue weighted by molar-refractivity contribution is -0.137. The molecule has 35 heavy (non-hydrogen) atoms.